The molecule has 0 aromatic carbocycles. The van der Waals surface area contributed by atoms with Crippen LogP contribution in [0.1, 0.15) is 16.8 Å². The molecule has 5 nitrogen and oxygen atoms in total. The molecule has 0 saturated carbocycles. The first kappa shape index (κ1) is 11.6. The maximum Gasteiger partial charge on any atom is 0.396 e. The van der Waals surface area contributed by atoms with Crippen LogP contribution in [0.5, 0.6) is 0 Å². The summed E-state index contributed by atoms with van der Waals surface area (Å²) in [6, 6.07) is 0. The first-order valence-electron chi connectivity index (χ1n) is 4.49. The lowest BCUT2D eigenvalue weighted by Crippen LogP contribution is -2.31. The zero-order valence-electron chi connectivity index (χ0n) is 8.57. The van der Waals surface area contributed by atoms with E-state index in [0.717, 1.165) is 9.88 Å². The lowest BCUT2D eigenvalue weighted by atomic mass is 10.5. The average molecular weight is 228 g/mol. The SMILES string of the molecule is CCOC(=O)C(=O)NCc1cnc(C)s1. The van der Waals surface area contributed by atoms with Gasteiger partial charge in [-0.1, -0.05) is 0 Å². The maximum absolute atomic E-state index is 11.1. The fourth-order valence-electron chi connectivity index (χ4n) is 0.923. The van der Waals surface area contributed by atoms with Crippen LogP contribution in [0, 0.1) is 6.92 Å². The van der Waals surface area contributed by atoms with E-state index in [1.54, 1.807) is 13.1 Å². The molecular weight excluding hydrogens is 216 g/mol. The fourth-order valence-corrected chi connectivity index (χ4v) is 1.66. The van der Waals surface area contributed by atoms with Crippen LogP contribution in [-0.4, -0.2) is 23.5 Å². The number of esters is 1. The number of amides is 1. The highest BCUT2D eigenvalue weighted by molar-refractivity contribution is 7.11. The molecule has 0 aliphatic rings. The van der Waals surface area contributed by atoms with E-state index in [1.165, 1.54) is 11.3 Å². The van der Waals surface area contributed by atoms with Crippen molar-refractivity contribution in [1.29, 1.82) is 0 Å². The summed E-state index contributed by atoms with van der Waals surface area (Å²) in [5.74, 6) is -1.57. The lowest BCUT2D eigenvalue weighted by Gasteiger charge is -2.01. The van der Waals surface area contributed by atoms with Crippen molar-refractivity contribution in [2.45, 2.75) is 20.4 Å². The van der Waals surface area contributed by atoms with Crippen molar-refractivity contribution in [1.82, 2.24) is 10.3 Å². The highest BCUT2D eigenvalue weighted by atomic mass is 32.1. The zero-order valence-corrected chi connectivity index (χ0v) is 9.39. The topological polar surface area (TPSA) is 68.3 Å². The first-order chi connectivity index (χ1) is 7.13. The summed E-state index contributed by atoms with van der Waals surface area (Å²) in [6.45, 7) is 4.04. The van der Waals surface area contributed by atoms with Gasteiger partial charge in [-0.25, -0.2) is 9.78 Å². The van der Waals surface area contributed by atoms with Crippen molar-refractivity contribution in [3.05, 3.63) is 16.1 Å². The Morgan fingerprint density at radius 2 is 2.33 bits per heavy atom. The molecule has 6 heteroatoms. The van der Waals surface area contributed by atoms with E-state index >= 15 is 0 Å². The maximum atomic E-state index is 11.1. The molecule has 1 heterocycles. The fraction of sp³-hybridized carbons (Fsp3) is 0.444. The predicted octanol–water partition coefficient (Wildman–Crippen LogP) is 0.631. The molecule has 0 bridgehead atoms. The molecule has 1 amide bonds. The Morgan fingerprint density at radius 3 is 2.87 bits per heavy atom. The Labute approximate surface area is 91.5 Å². The molecule has 0 saturated heterocycles. The van der Waals surface area contributed by atoms with Crippen molar-refractivity contribution < 1.29 is 14.3 Å². The third-order valence-corrected chi connectivity index (χ3v) is 2.47. The van der Waals surface area contributed by atoms with Crippen LogP contribution in [0.25, 0.3) is 0 Å². The Hall–Kier alpha value is -1.43. The number of nitrogens with zero attached hydrogens (tertiary/aromatic N) is 1. The number of rotatable bonds is 3. The quantitative estimate of drug-likeness (QED) is 0.608. The summed E-state index contributed by atoms with van der Waals surface area (Å²) in [6.07, 6.45) is 1.67. The molecule has 0 spiro atoms. The van der Waals surface area contributed by atoms with E-state index in [2.05, 4.69) is 15.0 Å². The molecule has 0 atom stereocenters. The molecule has 1 aromatic rings. The van der Waals surface area contributed by atoms with Gasteiger partial charge in [0.1, 0.15) is 0 Å². The second-order valence-electron chi connectivity index (χ2n) is 2.75. The van der Waals surface area contributed by atoms with Gasteiger partial charge < -0.3 is 10.1 Å². The smallest absolute Gasteiger partial charge is 0.396 e. The van der Waals surface area contributed by atoms with Crippen molar-refractivity contribution in [3.63, 3.8) is 0 Å². The molecule has 1 N–H and O–H groups in total. The van der Waals surface area contributed by atoms with Crippen LogP contribution in [0.15, 0.2) is 6.20 Å². The van der Waals surface area contributed by atoms with Crippen molar-refractivity contribution in [2.75, 3.05) is 6.61 Å². The van der Waals surface area contributed by atoms with Crippen LogP contribution in [0.4, 0.5) is 0 Å². The number of aromatic nitrogens is 1. The minimum absolute atomic E-state index is 0.200. The Morgan fingerprint density at radius 1 is 1.60 bits per heavy atom. The van der Waals surface area contributed by atoms with Crippen molar-refractivity contribution in [2.24, 2.45) is 0 Å². The summed E-state index contributed by atoms with van der Waals surface area (Å²) in [4.78, 5) is 27.0. The van der Waals surface area contributed by atoms with Gasteiger partial charge in [-0.05, 0) is 13.8 Å². The monoisotopic (exact) mass is 228 g/mol. The lowest BCUT2D eigenvalue weighted by molar-refractivity contribution is -0.154. The molecule has 15 heavy (non-hydrogen) atoms. The average Bonchev–Trinajstić information content (AvgIpc) is 2.61. The van der Waals surface area contributed by atoms with Gasteiger partial charge in [0.05, 0.1) is 18.2 Å². The molecule has 1 aromatic heterocycles. The van der Waals surface area contributed by atoms with Gasteiger partial charge in [0.25, 0.3) is 0 Å². The number of aryl methyl sites for hydroxylation is 1. The number of ether oxygens (including phenoxy) is 1. The van der Waals surface area contributed by atoms with Gasteiger partial charge in [-0.2, -0.15) is 0 Å². The van der Waals surface area contributed by atoms with E-state index in [1.807, 2.05) is 6.92 Å². The predicted molar refractivity (Wildman–Crippen MR) is 55.3 cm³/mol. The largest absolute Gasteiger partial charge is 0.459 e. The second kappa shape index (κ2) is 5.45. The number of nitrogens with one attached hydrogen (secondary N) is 1. The van der Waals surface area contributed by atoms with Gasteiger partial charge in [0.2, 0.25) is 0 Å². The minimum atomic E-state index is -0.848. The number of hydrogen-bond donors (Lipinski definition) is 1. The number of thiazole rings is 1. The summed E-state index contributed by atoms with van der Waals surface area (Å²) in [7, 11) is 0. The van der Waals surface area contributed by atoms with Crippen LogP contribution < -0.4 is 5.32 Å². The highest BCUT2D eigenvalue weighted by Gasteiger charge is 2.13. The normalized spacial score (nSPS) is 9.73. The molecule has 82 valence electrons. The molecule has 0 aliphatic heterocycles. The molecule has 0 radical (unpaired) electrons. The van der Waals surface area contributed by atoms with E-state index in [-0.39, 0.29) is 6.61 Å². The molecule has 1 rings (SSSR count). The van der Waals surface area contributed by atoms with Crippen LogP contribution in [0.3, 0.4) is 0 Å². The molecule has 0 unspecified atom stereocenters. The van der Waals surface area contributed by atoms with E-state index in [9.17, 15) is 9.59 Å². The molecular formula is C9H12N2O3S. The summed E-state index contributed by atoms with van der Waals surface area (Å²) >= 11 is 1.48. The van der Waals surface area contributed by atoms with Crippen LogP contribution in [0.2, 0.25) is 0 Å². The highest BCUT2D eigenvalue weighted by Crippen LogP contribution is 2.10. The van der Waals surface area contributed by atoms with Gasteiger partial charge in [-0.3, -0.25) is 4.79 Å². The van der Waals surface area contributed by atoms with Crippen LogP contribution in [-0.2, 0) is 20.9 Å². The molecule has 0 fully saturated rings. The van der Waals surface area contributed by atoms with Gasteiger partial charge in [-0.15, -0.1) is 11.3 Å². The number of carbonyl (C=O) groups is 2. The van der Waals surface area contributed by atoms with Crippen molar-refractivity contribution in [3.8, 4) is 0 Å². The zero-order chi connectivity index (χ0) is 11.3. The summed E-state index contributed by atoms with van der Waals surface area (Å²) in [5.41, 5.74) is 0. The third-order valence-electron chi connectivity index (χ3n) is 1.55. The first-order valence-corrected chi connectivity index (χ1v) is 5.31. The van der Waals surface area contributed by atoms with Crippen LogP contribution >= 0.6 is 11.3 Å². The standard InChI is InChI=1S/C9H12N2O3S/c1-3-14-9(13)8(12)11-5-7-4-10-6(2)15-7/h4H,3,5H2,1-2H3,(H,11,12). The summed E-state index contributed by atoms with van der Waals surface area (Å²) in [5, 5.41) is 3.38. The van der Waals surface area contributed by atoms with Gasteiger partial charge >= 0.3 is 11.9 Å². The third kappa shape index (κ3) is 3.67. The summed E-state index contributed by atoms with van der Waals surface area (Å²) < 4.78 is 4.53. The number of carbonyl (C=O) groups excluding carboxylic acids is 2. The Balaban J connectivity index is 2.37. The van der Waals surface area contributed by atoms with E-state index in [0.29, 0.717) is 6.54 Å². The van der Waals surface area contributed by atoms with E-state index in [4.69, 9.17) is 0 Å². The van der Waals surface area contributed by atoms with Gasteiger partial charge in [0.15, 0.2) is 0 Å². The van der Waals surface area contributed by atoms with Crippen molar-refractivity contribution >= 4 is 23.2 Å². The molecule has 0 aliphatic carbocycles. The Bertz CT molecular complexity index is 362. The number of hydrogen-bond acceptors (Lipinski definition) is 5. The van der Waals surface area contributed by atoms with Gasteiger partial charge in [0, 0.05) is 11.1 Å². The minimum Gasteiger partial charge on any atom is -0.459 e. The Kier molecular flexibility index (Phi) is 4.23. The van der Waals surface area contributed by atoms with E-state index < -0.39 is 11.9 Å². The second-order valence-corrected chi connectivity index (χ2v) is 4.07.